The van der Waals surface area contributed by atoms with E-state index in [4.69, 9.17) is 4.74 Å². The summed E-state index contributed by atoms with van der Waals surface area (Å²) in [5.41, 5.74) is 2.57. The summed E-state index contributed by atoms with van der Waals surface area (Å²) in [5.74, 6) is 0. The fraction of sp³-hybridized carbons (Fsp3) is 0.526. The summed E-state index contributed by atoms with van der Waals surface area (Å²) in [5, 5.41) is 4.62. The Morgan fingerprint density at radius 2 is 1.91 bits per heavy atom. The number of hydrogen-bond donors (Lipinski definition) is 0. The summed E-state index contributed by atoms with van der Waals surface area (Å²) in [4.78, 5) is 0. The fourth-order valence-electron chi connectivity index (χ4n) is 3.07. The summed E-state index contributed by atoms with van der Waals surface area (Å²) in [6.07, 6.45) is 7.90. The first-order valence-electron chi connectivity index (χ1n) is 8.34. The molecule has 1 saturated carbocycles. The van der Waals surface area contributed by atoms with E-state index in [9.17, 15) is 0 Å². The zero-order valence-corrected chi connectivity index (χ0v) is 15.7. The second-order valence-corrected chi connectivity index (χ2v) is 8.54. The van der Waals surface area contributed by atoms with Gasteiger partial charge in [-0.2, -0.15) is 5.10 Å². The Hall–Kier alpha value is -1.13. The molecule has 2 atom stereocenters. The van der Waals surface area contributed by atoms with Crippen LogP contribution in [0.25, 0.3) is 11.1 Å². The van der Waals surface area contributed by atoms with Crippen molar-refractivity contribution < 1.29 is 4.74 Å². The highest BCUT2D eigenvalue weighted by atomic mass is 79.9. The van der Waals surface area contributed by atoms with Gasteiger partial charge in [-0.1, -0.05) is 48.8 Å². The highest BCUT2D eigenvalue weighted by Crippen LogP contribution is 2.34. The molecule has 1 aromatic heterocycles. The Kier molecular flexibility index (Phi) is 4.93. The lowest BCUT2D eigenvalue weighted by Gasteiger charge is -2.25. The van der Waals surface area contributed by atoms with Gasteiger partial charge in [0.15, 0.2) is 0 Å². The number of halogens is 1. The van der Waals surface area contributed by atoms with Crippen LogP contribution in [0.5, 0.6) is 0 Å². The zero-order chi connectivity index (χ0) is 16.4. The number of benzene rings is 1. The lowest BCUT2D eigenvalue weighted by molar-refractivity contribution is -0.00981. The highest BCUT2D eigenvalue weighted by molar-refractivity contribution is 9.10. The molecule has 1 aromatic carbocycles. The largest absolute Gasteiger partial charge is 0.375 e. The summed E-state index contributed by atoms with van der Waals surface area (Å²) < 4.78 is 9.40. The molecule has 0 radical (unpaired) electrons. The monoisotopic (exact) mass is 376 g/mol. The van der Waals surface area contributed by atoms with Gasteiger partial charge in [0.1, 0.15) is 0 Å². The number of nitrogens with zero attached hydrogens (tertiary/aromatic N) is 2. The van der Waals surface area contributed by atoms with Crippen molar-refractivity contribution in [3.63, 3.8) is 0 Å². The molecule has 0 bridgehead atoms. The molecule has 3 nitrogen and oxygen atoms in total. The smallest absolute Gasteiger partial charge is 0.0799 e. The van der Waals surface area contributed by atoms with Gasteiger partial charge in [-0.05, 0) is 42.4 Å². The Labute approximate surface area is 147 Å². The van der Waals surface area contributed by atoms with Crippen molar-refractivity contribution in [2.24, 2.45) is 5.41 Å². The maximum atomic E-state index is 6.20. The van der Waals surface area contributed by atoms with E-state index in [1.54, 1.807) is 0 Å². The maximum Gasteiger partial charge on any atom is 0.0799 e. The fourth-order valence-corrected chi connectivity index (χ4v) is 3.34. The van der Waals surface area contributed by atoms with Gasteiger partial charge in [0.2, 0.25) is 0 Å². The average molecular weight is 377 g/mol. The van der Waals surface area contributed by atoms with E-state index in [-0.39, 0.29) is 11.5 Å². The lowest BCUT2D eigenvalue weighted by atomic mass is 9.98. The van der Waals surface area contributed by atoms with Crippen LogP contribution in [0, 0.1) is 5.41 Å². The van der Waals surface area contributed by atoms with E-state index < -0.39 is 0 Å². The molecule has 1 aliphatic rings. The van der Waals surface area contributed by atoms with Crippen molar-refractivity contribution >= 4 is 15.9 Å². The Bertz CT molecular complexity index is 642. The first kappa shape index (κ1) is 16.7. The molecule has 1 aliphatic carbocycles. The molecule has 1 heterocycles. The standard InChI is InChI=1S/C19H25BrN2O/c1-19(2,3)13-23-18-6-4-5-17(18)22-12-15(11-21-22)14-7-9-16(20)10-8-14/h7-12,17-18H,4-6,13H2,1-3H3/t17-,18-/m0/s1. The molecule has 0 N–H and O–H groups in total. The van der Waals surface area contributed by atoms with Crippen molar-refractivity contribution in [2.45, 2.75) is 52.2 Å². The Morgan fingerprint density at radius 3 is 2.61 bits per heavy atom. The molecule has 4 heteroatoms. The quantitative estimate of drug-likeness (QED) is 0.707. The van der Waals surface area contributed by atoms with Crippen molar-refractivity contribution in [1.29, 1.82) is 0 Å². The third-order valence-corrected chi connectivity index (χ3v) is 4.80. The van der Waals surface area contributed by atoms with Gasteiger partial charge in [0, 0.05) is 16.2 Å². The number of aromatic nitrogens is 2. The van der Waals surface area contributed by atoms with E-state index >= 15 is 0 Å². The van der Waals surface area contributed by atoms with Crippen molar-refractivity contribution in [1.82, 2.24) is 9.78 Å². The van der Waals surface area contributed by atoms with Crippen LogP contribution < -0.4 is 0 Å². The zero-order valence-electron chi connectivity index (χ0n) is 14.1. The predicted molar refractivity (Wildman–Crippen MR) is 97.4 cm³/mol. The van der Waals surface area contributed by atoms with Crippen molar-refractivity contribution in [3.05, 3.63) is 41.1 Å². The van der Waals surface area contributed by atoms with Gasteiger partial charge < -0.3 is 4.74 Å². The van der Waals surface area contributed by atoms with Crippen LogP contribution in [0.4, 0.5) is 0 Å². The summed E-state index contributed by atoms with van der Waals surface area (Å²) in [6, 6.07) is 8.73. The van der Waals surface area contributed by atoms with Gasteiger partial charge >= 0.3 is 0 Å². The van der Waals surface area contributed by atoms with E-state index in [0.717, 1.165) is 23.9 Å². The summed E-state index contributed by atoms with van der Waals surface area (Å²) >= 11 is 3.48. The van der Waals surface area contributed by atoms with Crippen LogP contribution in [0.2, 0.25) is 0 Å². The average Bonchev–Trinajstić information content (AvgIpc) is 3.14. The third kappa shape index (κ3) is 4.24. The molecule has 0 aliphatic heterocycles. The van der Waals surface area contributed by atoms with E-state index in [0.29, 0.717) is 6.04 Å². The van der Waals surface area contributed by atoms with Crippen LogP contribution in [0.3, 0.4) is 0 Å². The Balaban J connectivity index is 1.72. The van der Waals surface area contributed by atoms with Gasteiger partial charge in [0.25, 0.3) is 0 Å². The Morgan fingerprint density at radius 1 is 1.17 bits per heavy atom. The van der Waals surface area contributed by atoms with Crippen LogP contribution >= 0.6 is 15.9 Å². The molecule has 124 valence electrons. The molecule has 3 rings (SSSR count). The van der Waals surface area contributed by atoms with E-state index in [1.165, 1.54) is 17.5 Å². The number of hydrogen-bond acceptors (Lipinski definition) is 2. The topological polar surface area (TPSA) is 27.1 Å². The minimum atomic E-state index is 0.208. The van der Waals surface area contributed by atoms with Crippen LogP contribution in [-0.4, -0.2) is 22.5 Å². The van der Waals surface area contributed by atoms with Gasteiger partial charge in [0.05, 0.1) is 24.9 Å². The highest BCUT2D eigenvalue weighted by Gasteiger charge is 2.31. The molecule has 0 amide bonds. The predicted octanol–water partition coefficient (Wildman–Crippen LogP) is 5.47. The van der Waals surface area contributed by atoms with Gasteiger partial charge in [-0.25, -0.2) is 0 Å². The number of rotatable bonds is 4. The second-order valence-electron chi connectivity index (χ2n) is 7.62. The third-order valence-electron chi connectivity index (χ3n) is 4.27. The molecule has 1 fully saturated rings. The first-order valence-corrected chi connectivity index (χ1v) is 9.13. The van der Waals surface area contributed by atoms with Crippen LogP contribution in [0.15, 0.2) is 41.1 Å². The molecule has 23 heavy (non-hydrogen) atoms. The normalized spacial score (nSPS) is 21.7. The lowest BCUT2D eigenvalue weighted by Crippen LogP contribution is -2.26. The summed E-state index contributed by atoms with van der Waals surface area (Å²) in [6.45, 7) is 7.46. The van der Waals surface area contributed by atoms with Crippen molar-refractivity contribution in [3.8, 4) is 11.1 Å². The molecule has 2 aromatic rings. The molecule has 0 spiro atoms. The van der Waals surface area contributed by atoms with E-state index in [1.807, 2.05) is 6.20 Å². The SMILES string of the molecule is CC(C)(C)CO[C@H]1CCC[C@@H]1n1cc(-c2ccc(Br)cc2)cn1. The minimum absolute atomic E-state index is 0.208. The minimum Gasteiger partial charge on any atom is -0.375 e. The van der Waals surface area contributed by atoms with E-state index in [2.05, 4.69) is 76.9 Å². The molecular weight excluding hydrogens is 352 g/mol. The van der Waals surface area contributed by atoms with Crippen LogP contribution in [0.1, 0.15) is 46.1 Å². The summed E-state index contributed by atoms with van der Waals surface area (Å²) in [7, 11) is 0. The van der Waals surface area contributed by atoms with Crippen LogP contribution in [-0.2, 0) is 4.74 Å². The van der Waals surface area contributed by atoms with Gasteiger partial charge in [-0.3, -0.25) is 4.68 Å². The molecule has 0 unspecified atom stereocenters. The van der Waals surface area contributed by atoms with Crippen molar-refractivity contribution in [2.75, 3.05) is 6.61 Å². The number of ether oxygens (including phenoxy) is 1. The van der Waals surface area contributed by atoms with Gasteiger partial charge in [-0.15, -0.1) is 0 Å². The molecular formula is C19H25BrN2O. The second kappa shape index (κ2) is 6.78. The maximum absolute atomic E-state index is 6.20. The first-order chi connectivity index (χ1) is 10.9. The molecule has 0 saturated heterocycles.